The molecule has 0 saturated heterocycles. The lowest BCUT2D eigenvalue weighted by atomic mass is 10.2. The van der Waals surface area contributed by atoms with E-state index in [1.54, 1.807) is 6.07 Å². The molecule has 0 nitrogen and oxygen atoms in total. The summed E-state index contributed by atoms with van der Waals surface area (Å²) in [6.07, 6.45) is 0. The van der Waals surface area contributed by atoms with Gasteiger partial charge >= 0.3 is 5.25 Å². The topological polar surface area (TPSA) is 0 Å². The van der Waals surface area contributed by atoms with Gasteiger partial charge in [-0.3, -0.25) is 0 Å². The molecule has 0 saturated carbocycles. The second-order valence-corrected chi connectivity index (χ2v) is 2.63. The first-order valence-corrected chi connectivity index (χ1v) is 3.61. The van der Waals surface area contributed by atoms with Crippen molar-refractivity contribution in [2.75, 3.05) is 0 Å². The number of alkyl halides is 2. The zero-order valence-corrected chi connectivity index (χ0v) is 6.25. The predicted octanol–water partition coefficient (Wildman–Crippen LogP) is 3.35. The first-order chi connectivity index (χ1) is 5.17. The largest absolute Gasteiger partial charge is 0.348 e. The van der Waals surface area contributed by atoms with Crippen LogP contribution < -0.4 is 0 Å². The third-order valence-corrected chi connectivity index (χ3v) is 1.64. The van der Waals surface area contributed by atoms with Gasteiger partial charge in [-0.2, -0.15) is 12.7 Å². The van der Waals surface area contributed by atoms with Gasteiger partial charge in [0.2, 0.25) is 0 Å². The molecule has 0 aliphatic carbocycles. The lowest BCUT2D eigenvalue weighted by Crippen LogP contribution is -2.04. The van der Waals surface area contributed by atoms with E-state index in [1.807, 2.05) is 0 Å². The Morgan fingerprint density at radius 2 is 1.64 bits per heavy atom. The van der Waals surface area contributed by atoms with Crippen LogP contribution in [0, 0.1) is 0 Å². The molecule has 0 atom stereocenters. The Bertz CT molecular complexity index is 222. The van der Waals surface area contributed by atoms with Crippen LogP contribution in [0.15, 0.2) is 30.3 Å². The van der Waals surface area contributed by atoms with Crippen molar-refractivity contribution in [3.8, 4) is 0 Å². The van der Waals surface area contributed by atoms with Crippen LogP contribution in [0.25, 0.3) is 0 Å². The van der Waals surface area contributed by atoms with E-state index in [2.05, 4.69) is 0 Å². The molecule has 0 fully saturated rings. The molecule has 0 unspecified atom stereocenters. The van der Waals surface area contributed by atoms with E-state index >= 15 is 0 Å². The van der Waals surface area contributed by atoms with Gasteiger partial charge in [0.15, 0.2) is 0 Å². The molecule has 0 N–H and O–H groups in total. The van der Waals surface area contributed by atoms with Gasteiger partial charge in [-0.15, -0.1) is 0 Å². The molecule has 0 heterocycles. The summed E-state index contributed by atoms with van der Waals surface area (Å²) < 4.78 is 36.6. The molecule has 60 valence electrons. The molecule has 1 aromatic rings. The number of halogens is 3. The molecule has 4 heteroatoms. The van der Waals surface area contributed by atoms with Gasteiger partial charge in [-0.05, 0) is 0 Å². The molecule has 1 aromatic carbocycles. The van der Waals surface area contributed by atoms with Crippen molar-refractivity contribution in [1.82, 2.24) is 0 Å². The average molecular weight is 178 g/mol. The summed E-state index contributed by atoms with van der Waals surface area (Å²) in [6.45, 7) is 0. The Balaban J connectivity index is 2.93. The molecular weight excluding hydrogens is 173 g/mol. The third kappa shape index (κ3) is 1.89. The summed E-state index contributed by atoms with van der Waals surface area (Å²) in [5.74, 6) is 0. The van der Waals surface area contributed by atoms with Crippen LogP contribution in [0.4, 0.5) is 12.7 Å². The van der Waals surface area contributed by atoms with E-state index in [-0.39, 0.29) is 5.56 Å². The van der Waals surface area contributed by atoms with Gasteiger partial charge in [0.25, 0.3) is 0 Å². The minimum absolute atomic E-state index is 0.312. The third-order valence-electron chi connectivity index (χ3n) is 1.21. The van der Waals surface area contributed by atoms with Crippen LogP contribution in [-0.2, 0) is 5.25 Å². The van der Waals surface area contributed by atoms with Crippen LogP contribution in [0.3, 0.4) is 0 Å². The first-order valence-electron chi connectivity index (χ1n) is 2.90. The number of hydrogen-bond donors (Lipinski definition) is 0. The quantitative estimate of drug-likeness (QED) is 0.669. The van der Waals surface area contributed by atoms with Crippen molar-refractivity contribution in [2.24, 2.45) is 0 Å². The van der Waals surface area contributed by atoms with Crippen LogP contribution in [0.2, 0.25) is 0 Å². The Morgan fingerprint density at radius 3 is 2.09 bits per heavy atom. The number of benzene rings is 1. The zero-order valence-electron chi connectivity index (χ0n) is 5.43. The van der Waals surface area contributed by atoms with E-state index in [0.717, 1.165) is 0 Å². The molecule has 0 aromatic heterocycles. The minimum Gasteiger partial charge on any atom is -0.186 e. The summed E-state index contributed by atoms with van der Waals surface area (Å²) in [5, 5.41) is -3.42. The van der Waals surface area contributed by atoms with Gasteiger partial charge < -0.3 is 0 Å². The lowest BCUT2D eigenvalue weighted by molar-refractivity contribution is 0.101. The van der Waals surface area contributed by atoms with Crippen LogP contribution in [0.5, 0.6) is 0 Å². The van der Waals surface area contributed by atoms with E-state index in [4.69, 9.17) is 0 Å². The highest BCUT2D eigenvalue weighted by Gasteiger charge is 2.32. The van der Waals surface area contributed by atoms with E-state index < -0.39 is 17.4 Å². The molecule has 1 rings (SSSR count). The fraction of sp³-hybridized carbons (Fsp3) is 0.143. The molecule has 0 aliphatic heterocycles. The number of rotatable bonds is 2. The van der Waals surface area contributed by atoms with Gasteiger partial charge in [-0.1, -0.05) is 30.3 Å². The molecular formula is C7H5F3S. The fourth-order valence-corrected chi connectivity index (χ4v) is 0.902. The van der Waals surface area contributed by atoms with Gasteiger partial charge in [0.05, 0.1) is 0 Å². The monoisotopic (exact) mass is 178 g/mol. The molecule has 0 radical (unpaired) electrons. The Morgan fingerprint density at radius 1 is 1.09 bits per heavy atom. The van der Waals surface area contributed by atoms with Crippen LogP contribution in [0.1, 0.15) is 5.56 Å². The molecule has 0 amide bonds. The highest BCUT2D eigenvalue weighted by atomic mass is 32.2. The Labute approximate surface area is 66.7 Å². The normalized spacial score (nSPS) is 11.5. The molecule has 11 heavy (non-hydrogen) atoms. The van der Waals surface area contributed by atoms with Crippen molar-refractivity contribution in [2.45, 2.75) is 5.25 Å². The summed E-state index contributed by atoms with van der Waals surface area (Å²) in [5.41, 5.74) is -0.312. The molecule has 0 bridgehead atoms. The van der Waals surface area contributed by atoms with Crippen LogP contribution in [-0.4, -0.2) is 0 Å². The van der Waals surface area contributed by atoms with E-state index in [1.165, 1.54) is 24.3 Å². The van der Waals surface area contributed by atoms with Gasteiger partial charge in [0, 0.05) is 5.56 Å². The maximum absolute atomic E-state index is 12.5. The standard InChI is InChI=1S/C7H5F3S/c8-7(9,11-10)6-4-2-1-3-5-6/h1-5H. The highest BCUT2D eigenvalue weighted by Crippen LogP contribution is 2.39. The maximum Gasteiger partial charge on any atom is 0.348 e. The van der Waals surface area contributed by atoms with Gasteiger partial charge in [0.1, 0.15) is 12.1 Å². The SMILES string of the molecule is FSC(F)(F)c1ccccc1. The predicted molar refractivity (Wildman–Crippen MR) is 39.0 cm³/mol. The van der Waals surface area contributed by atoms with Crippen molar-refractivity contribution in [1.29, 1.82) is 0 Å². The highest BCUT2D eigenvalue weighted by molar-refractivity contribution is 7.94. The molecule has 0 aliphatic rings. The van der Waals surface area contributed by atoms with Crippen molar-refractivity contribution < 1.29 is 12.7 Å². The van der Waals surface area contributed by atoms with E-state index in [9.17, 15) is 12.7 Å². The Hall–Kier alpha value is -0.640. The summed E-state index contributed by atoms with van der Waals surface area (Å²) in [7, 11) is 0. The minimum atomic E-state index is -3.42. The lowest BCUT2D eigenvalue weighted by Gasteiger charge is -2.09. The molecule has 0 spiro atoms. The summed E-state index contributed by atoms with van der Waals surface area (Å²) in [4.78, 5) is 0. The maximum atomic E-state index is 12.5. The first kappa shape index (κ1) is 8.46. The smallest absolute Gasteiger partial charge is 0.186 e. The fourth-order valence-electron chi connectivity index (χ4n) is 0.677. The van der Waals surface area contributed by atoms with E-state index in [0.29, 0.717) is 0 Å². The second-order valence-electron chi connectivity index (χ2n) is 1.96. The summed E-state index contributed by atoms with van der Waals surface area (Å²) in [6, 6.07) is 6.86. The van der Waals surface area contributed by atoms with Crippen molar-refractivity contribution >= 4 is 12.1 Å². The van der Waals surface area contributed by atoms with Crippen molar-refractivity contribution in [3.05, 3.63) is 35.9 Å². The van der Waals surface area contributed by atoms with Crippen LogP contribution >= 0.6 is 12.1 Å². The van der Waals surface area contributed by atoms with Gasteiger partial charge in [-0.25, -0.2) is 0 Å². The zero-order chi connectivity index (χ0) is 8.32. The summed E-state index contributed by atoms with van der Waals surface area (Å²) >= 11 is -0.953. The number of hydrogen-bond acceptors (Lipinski definition) is 1. The van der Waals surface area contributed by atoms with Crippen molar-refractivity contribution in [3.63, 3.8) is 0 Å². The Kier molecular flexibility index (Phi) is 2.44. The average Bonchev–Trinajstić information content (AvgIpc) is 2.06. The second kappa shape index (κ2) is 3.17.